The van der Waals surface area contributed by atoms with E-state index in [1.54, 1.807) is 0 Å². The number of fused-ring (bicyclic) bond motifs is 1. The van der Waals surface area contributed by atoms with E-state index in [1.165, 1.54) is 5.56 Å². The van der Waals surface area contributed by atoms with Crippen LogP contribution in [0.25, 0.3) is 0 Å². The van der Waals surface area contributed by atoms with E-state index < -0.39 is 0 Å². The lowest BCUT2D eigenvalue weighted by Gasteiger charge is -2.42. The summed E-state index contributed by atoms with van der Waals surface area (Å²) in [6.45, 7) is 11.1. The number of para-hydroxylation sites is 1. The monoisotopic (exact) mass is 291 g/mol. The molecule has 3 nitrogen and oxygen atoms in total. The van der Waals surface area contributed by atoms with Crippen LogP contribution in [0.2, 0.25) is 0 Å². The van der Waals surface area contributed by atoms with Crippen LogP contribution in [0.3, 0.4) is 0 Å². The molecule has 118 valence electrons. The summed E-state index contributed by atoms with van der Waals surface area (Å²) in [5, 5.41) is 13.1. The van der Waals surface area contributed by atoms with Crippen LogP contribution < -0.4 is 10.1 Å². The van der Waals surface area contributed by atoms with Crippen molar-refractivity contribution in [2.45, 2.75) is 65.1 Å². The average Bonchev–Trinajstić information content (AvgIpc) is 2.35. The Labute approximate surface area is 128 Å². The van der Waals surface area contributed by atoms with Gasteiger partial charge in [0.25, 0.3) is 0 Å². The molecule has 0 spiro atoms. The van der Waals surface area contributed by atoms with Gasteiger partial charge in [0.15, 0.2) is 0 Å². The van der Waals surface area contributed by atoms with Gasteiger partial charge < -0.3 is 15.2 Å². The van der Waals surface area contributed by atoms with Gasteiger partial charge in [0, 0.05) is 30.7 Å². The molecule has 0 saturated carbocycles. The number of aliphatic hydroxyl groups is 1. The summed E-state index contributed by atoms with van der Waals surface area (Å²) in [7, 11) is 0. The van der Waals surface area contributed by atoms with E-state index in [-0.39, 0.29) is 29.7 Å². The third-order valence-electron chi connectivity index (χ3n) is 4.24. The van der Waals surface area contributed by atoms with Gasteiger partial charge in [-0.25, -0.2) is 0 Å². The first-order valence-electron chi connectivity index (χ1n) is 7.88. The molecular weight excluding hydrogens is 262 g/mol. The molecule has 1 heterocycles. The van der Waals surface area contributed by atoms with Crippen molar-refractivity contribution in [2.24, 2.45) is 5.41 Å². The van der Waals surface area contributed by atoms with Crippen LogP contribution in [0, 0.1) is 5.41 Å². The molecule has 0 amide bonds. The standard InChI is InChI=1S/C18H29NO2/c1-17(2,3)16(10-11-20)19-14-12-18(4,5)21-15-9-7-6-8-13(14)15/h6-9,14,16,19-20H,10-12H2,1-5H3. The topological polar surface area (TPSA) is 41.5 Å². The molecule has 2 N–H and O–H groups in total. The second-order valence-corrected chi connectivity index (χ2v) is 7.75. The molecule has 1 aromatic rings. The van der Waals surface area contributed by atoms with E-state index in [0.29, 0.717) is 0 Å². The Bertz CT molecular complexity index is 476. The minimum Gasteiger partial charge on any atom is -0.487 e. The predicted octanol–water partition coefficient (Wildman–Crippen LogP) is 3.68. The Balaban J connectivity index is 2.26. The van der Waals surface area contributed by atoms with Crippen LogP contribution in [0.15, 0.2) is 24.3 Å². The second kappa shape index (κ2) is 5.98. The molecule has 0 aromatic heterocycles. The van der Waals surface area contributed by atoms with Crippen LogP contribution in [0.4, 0.5) is 0 Å². The Kier molecular flexibility index (Phi) is 4.64. The third kappa shape index (κ3) is 3.98. The van der Waals surface area contributed by atoms with Gasteiger partial charge in [-0.1, -0.05) is 39.0 Å². The first-order chi connectivity index (χ1) is 9.73. The lowest BCUT2D eigenvalue weighted by atomic mass is 9.82. The van der Waals surface area contributed by atoms with E-state index in [4.69, 9.17) is 4.74 Å². The van der Waals surface area contributed by atoms with E-state index >= 15 is 0 Å². The number of nitrogens with one attached hydrogen (secondary N) is 1. The normalized spacial score (nSPS) is 22.3. The van der Waals surface area contributed by atoms with Crippen LogP contribution >= 0.6 is 0 Å². The van der Waals surface area contributed by atoms with Crippen molar-refractivity contribution in [2.75, 3.05) is 6.61 Å². The molecule has 2 rings (SSSR count). The maximum Gasteiger partial charge on any atom is 0.124 e. The highest BCUT2D eigenvalue weighted by atomic mass is 16.5. The Morgan fingerprint density at radius 1 is 1.33 bits per heavy atom. The van der Waals surface area contributed by atoms with Crippen molar-refractivity contribution in [1.82, 2.24) is 5.32 Å². The first-order valence-corrected chi connectivity index (χ1v) is 7.88. The zero-order chi connectivity index (χ0) is 15.7. The molecule has 3 heteroatoms. The van der Waals surface area contributed by atoms with Crippen molar-refractivity contribution >= 4 is 0 Å². The lowest BCUT2D eigenvalue weighted by Crippen LogP contribution is -2.47. The first kappa shape index (κ1) is 16.3. The fourth-order valence-corrected chi connectivity index (χ4v) is 3.09. The summed E-state index contributed by atoms with van der Waals surface area (Å²) in [4.78, 5) is 0. The van der Waals surface area contributed by atoms with Gasteiger partial charge in [-0.05, 0) is 31.7 Å². The maximum atomic E-state index is 9.36. The summed E-state index contributed by atoms with van der Waals surface area (Å²) in [6.07, 6.45) is 1.70. The zero-order valence-corrected chi connectivity index (χ0v) is 13.9. The highest BCUT2D eigenvalue weighted by Gasteiger charge is 2.36. The number of aliphatic hydroxyl groups excluding tert-OH is 1. The molecule has 1 aromatic carbocycles. The van der Waals surface area contributed by atoms with Crippen LogP contribution in [-0.2, 0) is 0 Å². The number of hydrogen-bond acceptors (Lipinski definition) is 3. The van der Waals surface area contributed by atoms with E-state index in [1.807, 2.05) is 12.1 Å². The van der Waals surface area contributed by atoms with Crippen molar-refractivity contribution < 1.29 is 9.84 Å². The summed E-state index contributed by atoms with van der Waals surface area (Å²) in [5.41, 5.74) is 1.16. The molecule has 0 bridgehead atoms. The van der Waals surface area contributed by atoms with Gasteiger partial charge in [-0.3, -0.25) is 0 Å². The van der Waals surface area contributed by atoms with Gasteiger partial charge in [0.1, 0.15) is 11.4 Å². The summed E-state index contributed by atoms with van der Waals surface area (Å²) >= 11 is 0. The number of hydrogen-bond donors (Lipinski definition) is 2. The van der Waals surface area contributed by atoms with Crippen molar-refractivity contribution in [3.8, 4) is 5.75 Å². The Morgan fingerprint density at radius 3 is 2.62 bits per heavy atom. The average molecular weight is 291 g/mol. The maximum absolute atomic E-state index is 9.36. The molecule has 0 aliphatic carbocycles. The number of benzene rings is 1. The third-order valence-corrected chi connectivity index (χ3v) is 4.24. The minimum atomic E-state index is -0.173. The smallest absolute Gasteiger partial charge is 0.124 e. The molecule has 1 aliphatic rings. The largest absolute Gasteiger partial charge is 0.487 e. The van der Waals surface area contributed by atoms with E-state index in [0.717, 1.165) is 18.6 Å². The van der Waals surface area contributed by atoms with E-state index in [2.05, 4.69) is 52.1 Å². The minimum absolute atomic E-state index is 0.111. The van der Waals surface area contributed by atoms with Crippen molar-refractivity contribution in [1.29, 1.82) is 0 Å². The van der Waals surface area contributed by atoms with Crippen LogP contribution in [-0.4, -0.2) is 23.4 Å². The van der Waals surface area contributed by atoms with Crippen LogP contribution in [0.1, 0.15) is 59.1 Å². The van der Waals surface area contributed by atoms with Crippen LogP contribution in [0.5, 0.6) is 5.75 Å². The molecule has 0 fully saturated rings. The predicted molar refractivity (Wildman–Crippen MR) is 86.6 cm³/mol. The second-order valence-electron chi connectivity index (χ2n) is 7.75. The van der Waals surface area contributed by atoms with Crippen molar-refractivity contribution in [3.05, 3.63) is 29.8 Å². The molecule has 2 unspecified atom stereocenters. The zero-order valence-electron chi connectivity index (χ0n) is 13.9. The Hall–Kier alpha value is -1.06. The summed E-state index contributed by atoms with van der Waals surface area (Å²) in [6, 6.07) is 8.80. The molecule has 2 atom stereocenters. The van der Waals surface area contributed by atoms with Gasteiger partial charge in [0.05, 0.1) is 0 Å². The Morgan fingerprint density at radius 2 is 2.00 bits per heavy atom. The van der Waals surface area contributed by atoms with E-state index in [9.17, 15) is 5.11 Å². The molecular formula is C18H29NO2. The molecule has 0 radical (unpaired) electrons. The molecule has 21 heavy (non-hydrogen) atoms. The molecule has 1 aliphatic heterocycles. The van der Waals surface area contributed by atoms with Gasteiger partial charge >= 0.3 is 0 Å². The SMILES string of the molecule is CC1(C)CC(NC(CCO)C(C)(C)C)c2ccccc2O1. The highest BCUT2D eigenvalue weighted by Crippen LogP contribution is 2.40. The number of ether oxygens (including phenoxy) is 1. The highest BCUT2D eigenvalue weighted by molar-refractivity contribution is 5.38. The quantitative estimate of drug-likeness (QED) is 0.889. The van der Waals surface area contributed by atoms with Crippen molar-refractivity contribution in [3.63, 3.8) is 0 Å². The fourth-order valence-electron chi connectivity index (χ4n) is 3.09. The lowest BCUT2D eigenvalue weighted by molar-refractivity contribution is 0.0570. The fraction of sp³-hybridized carbons (Fsp3) is 0.667. The van der Waals surface area contributed by atoms with Gasteiger partial charge in [0.2, 0.25) is 0 Å². The van der Waals surface area contributed by atoms with Gasteiger partial charge in [-0.2, -0.15) is 0 Å². The van der Waals surface area contributed by atoms with Gasteiger partial charge in [-0.15, -0.1) is 0 Å². The number of rotatable bonds is 4. The molecule has 0 saturated heterocycles. The summed E-state index contributed by atoms with van der Waals surface area (Å²) in [5.74, 6) is 0.975. The summed E-state index contributed by atoms with van der Waals surface area (Å²) < 4.78 is 6.09.